The number of rotatable bonds is 5. The number of anilines is 1. The average molecular weight is 342 g/mol. The van der Waals surface area contributed by atoms with Gasteiger partial charge >= 0.3 is 5.97 Å². The number of benzene rings is 2. The van der Waals surface area contributed by atoms with E-state index in [1.165, 1.54) is 12.0 Å². The predicted octanol–water partition coefficient (Wildman–Crippen LogP) is 1.22. The molecule has 1 aliphatic heterocycles. The third-order valence-corrected chi connectivity index (χ3v) is 4.08. The van der Waals surface area contributed by atoms with Gasteiger partial charge in [0.25, 0.3) is 5.91 Å². The number of aliphatic hydroxyl groups excluding tert-OH is 1. The summed E-state index contributed by atoms with van der Waals surface area (Å²) in [6, 6.07) is 10.3. The summed E-state index contributed by atoms with van der Waals surface area (Å²) in [6.45, 7) is 0.0227. The second-order valence-corrected chi connectivity index (χ2v) is 5.63. The van der Waals surface area contributed by atoms with Crippen molar-refractivity contribution in [3.8, 4) is 5.75 Å². The number of fused-ring (bicyclic) bond motifs is 1. The topological polar surface area (TPSA) is 99.1 Å². The van der Waals surface area contributed by atoms with E-state index in [0.717, 1.165) is 10.8 Å². The minimum atomic E-state index is -0.589. The molecule has 1 heterocycles. The van der Waals surface area contributed by atoms with Crippen LogP contribution in [0.25, 0.3) is 10.8 Å². The van der Waals surface area contributed by atoms with E-state index in [1.54, 1.807) is 30.3 Å². The Hall–Kier alpha value is -3.06. The molecule has 1 aliphatic rings. The van der Waals surface area contributed by atoms with Gasteiger partial charge in [0.05, 0.1) is 25.8 Å². The Morgan fingerprint density at radius 3 is 2.84 bits per heavy atom. The number of hydrogen-bond donors (Lipinski definition) is 3. The number of phenols is 1. The van der Waals surface area contributed by atoms with Crippen molar-refractivity contribution in [1.82, 2.24) is 4.90 Å². The molecule has 2 aromatic rings. The first-order valence-electron chi connectivity index (χ1n) is 7.75. The third-order valence-electron chi connectivity index (χ3n) is 4.08. The highest BCUT2D eigenvalue weighted by atomic mass is 16.5. The molecule has 0 radical (unpaired) electrons. The lowest BCUT2D eigenvalue weighted by atomic mass is 10.1. The number of nitrogens with one attached hydrogen (secondary N) is 1. The fraction of sp³-hybridized carbons (Fsp3) is 0.222. The highest BCUT2D eigenvalue weighted by molar-refractivity contribution is 6.10. The molecule has 0 atom stereocenters. The number of ether oxygens (including phenoxy) is 1. The molecule has 2 aromatic carbocycles. The first kappa shape index (κ1) is 16.8. The zero-order valence-electron chi connectivity index (χ0n) is 13.7. The van der Waals surface area contributed by atoms with E-state index in [-0.39, 0.29) is 42.6 Å². The maximum absolute atomic E-state index is 12.6. The van der Waals surface area contributed by atoms with Crippen molar-refractivity contribution < 1.29 is 24.5 Å². The summed E-state index contributed by atoms with van der Waals surface area (Å²) in [5.41, 5.74) is 0.991. The van der Waals surface area contributed by atoms with Gasteiger partial charge in [-0.1, -0.05) is 12.1 Å². The summed E-state index contributed by atoms with van der Waals surface area (Å²) in [6.07, 6.45) is 0. The van der Waals surface area contributed by atoms with Gasteiger partial charge in [0, 0.05) is 17.6 Å². The van der Waals surface area contributed by atoms with Crippen molar-refractivity contribution in [1.29, 1.82) is 0 Å². The Balaban J connectivity index is 2.02. The van der Waals surface area contributed by atoms with Crippen molar-refractivity contribution in [3.63, 3.8) is 0 Å². The van der Waals surface area contributed by atoms with Crippen LogP contribution in [-0.2, 0) is 14.3 Å². The van der Waals surface area contributed by atoms with E-state index >= 15 is 0 Å². The van der Waals surface area contributed by atoms with Crippen LogP contribution in [-0.4, -0.2) is 53.8 Å². The summed E-state index contributed by atoms with van der Waals surface area (Å²) in [7, 11) is 1.26. The molecule has 3 N–H and O–H groups in total. The minimum absolute atomic E-state index is 0.0833. The number of amides is 1. The number of aliphatic hydroxyl groups is 1. The maximum Gasteiger partial charge on any atom is 0.337 e. The molecule has 0 unspecified atom stereocenters. The number of esters is 1. The summed E-state index contributed by atoms with van der Waals surface area (Å²) in [5.74, 6) is -0.815. The van der Waals surface area contributed by atoms with Crippen LogP contribution in [0.3, 0.4) is 0 Å². The zero-order valence-corrected chi connectivity index (χ0v) is 13.7. The van der Waals surface area contributed by atoms with E-state index < -0.39 is 5.97 Å². The Labute approximate surface area is 144 Å². The van der Waals surface area contributed by atoms with Crippen LogP contribution in [0.2, 0.25) is 0 Å². The smallest absolute Gasteiger partial charge is 0.337 e. The highest BCUT2D eigenvalue weighted by Gasteiger charge is 2.34. The molecule has 7 heteroatoms. The van der Waals surface area contributed by atoms with Gasteiger partial charge in [-0.15, -0.1) is 0 Å². The normalized spacial score (nSPS) is 14.3. The summed E-state index contributed by atoms with van der Waals surface area (Å²) in [5, 5.41) is 23.3. The highest BCUT2D eigenvalue weighted by Crippen LogP contribution is 2.29. The molecule has 7 nitrogen and oxygen atoms in total. The average Bonchev–Trinajstić information content (AvgIpc) is 2.91. The van der Waals surface area contributed by atoms with Crippen molar-refractivity contribution in [2.45, 2.75) is 0 Å². The number of β-amino-alcohol motifs (C(OH)–C–C–N with tert-alkyl or cyclic N) is 1. The Kier molecular flexibility index (Phi) is 4.58. The van der Waals surface area contributed by atoms with Gasteiger partial charge in [-0.3, -0.25) is 4.79 Å². The van der Waals surface area contributed by atoms with E-state index in [2.05, 4.69) is 5.32 Å². The number of phenolic OH excluding ortho intramolecular Hbond substituents is 1. The van der Waals surface area contributed by atoms with Gasteiger partial charge in [-0.25, -0.2) is 4.79 Å². The number of aromatic hydroxyl groups is 1. The van der Waals surface area contributed by atoms with Crippen molar-refractivity contribution in [2.24, 2.45) is 0 Å². The van der Waals surface area contributed by atoms with E-state index in [1.807, 2.05) is 6.07 Å². The second kappa shape index (κ2) is 6.82. The van der Waals surface area contributed by atoms with Crippen LogP contribution in [0.4, 0.5) is 5.69 Å². The quantitative estimate of drug-likeness (QED) is 0.707. The molecule has 0 saturated heterocycles. The lowest BCUT2D eigenvalue weighted by Crippen LogP contribution is -2.31. The molecule has 1 amide bonds. The van der Waals surface area contributed by atoms with Gasteiger partial charge in [-0.05, 0) is 29.7 Å². The summed E-state index contributed by atoms with van der Waals surface area (Å²) in [4.78, 5) is 26.0. The molecular formula is C18H18N2O5. The third kappa shape index (κ3) is 3.14. The molecule has 3 rings (SSSR count). The number of methoxy groups -OCH3 is 1. The first-order chi connectivity index (χ1) is 12.0. The zero-order chi connectivity index (χ0) is 18.0. The molecule has 130 valence electrons. The van der Waals surface area contributed by atoms with E-state index in [9.17, 15) is 14.7 Å². The molecule has 0 aromatic heterocycles. The first-order valence-corrected chi connectivity index (χ1v) is 7.75. The van der Waals surface area contributed by atoms with Crippen molar-refractivity contribution in [3.05, 3.63) is 47.7 Å². The van der Waals surface area contributed by atoms with Crippen LogP contribution in [0, 0.1) is 0 Å². The molecule has 0 spiro atoms. The van der Waals surface area contributed by atoms with E-state index in [4.69, 9.17) is 9.84 Å². The van der Waals surface area contributed by atoms with Crippen LogP contribution in [0.15, 0.2) is 47.7 Å². The Morgan fingerprint density at radius 2 is 2.12 bits per heavy atom. The molecule has 0 fully saturated rings. The lowest BCUT2D eigenvalue weighted by molar-refractivity contribution is -0.136. The van der Waals surface area contributed by atoms with Gasteiger partial charge in [0.15, 0.2) is 0 Å². The number of carbonyl (C=O) groups is 2. The van der Waals surface area contributed by atoms with Crippen molar-refractivity contribution >= 4 is 28.3 Å². The van der Waals surface area contributed by atoms with Crippen molar-refractivity contribution in [2.75, 3.05) is 32.1 Å². The standard InChI is InChI=1S/C18H18N2O5/c1-25-18(24)14-10-20(7-8-21)17(23)16(14)19-15-4-2-3-11-9-12(22)5-6-13(11)15/h2-6,9,19,21-22H,7-8,10H2,1H3. The van der Waals surface area contributed by atoms with Gasteiger partial charge in [0.2, 0.25) is 0 Å². The number of hydrogen-bond acceptors (Lipinski definition) is 6. The summed E-state index contributed by atoms with van der Waals surface area (Å²) >= 11 is 0. The molecule has 0 aliphatic carbocycles. The monoisotopic (exact) mass is 342 g/mol. The fourth-order valence-corrected chi connectivity index (χ4v) is 2.86. The predicted molar refractivity (Wildman–Crippen MR) is 91.9 cm³/mol. The van der Waals surface area contributed by atoms with Crippen LogP contribution in [0.1, 0.15) is 0 Å². The second-order valence-electron chi connectivity index (χ2n) is 5.63. The molecule has 0 saturated carbocycles. The largest absolute Gasteiger partial charge is 0.508 e. The molecule has 0 bridgehead atoms. The Morgan fingerprint density at radius 1 is 1.32 bits per heavy atom. The SMILES string of the molecule is COC(=O)C1=C(Nc2cccc3cc(O)ccc23)C(=O)N(CCO)C1. The maximum atomic E-state index is 12.6. The van der Waals surface area contributed by atoms with Crippen LogP contribution in [0.5, 0.6) is 5.75 Å². The van der Waals surface area contributed by atoms with Crippen LogP contribution >= 0.6 is 0 Å². The minimum Gasteiger partial charge on any atom is -0.508 e. The molecular weight excluding hydrogens is 324 g/mol. The van der Waals surface area contributed by atoms with Gasteiger partial charge < -0.3 is 25.2 Å². The fourth-order valence-electron chi connectivity index (χ4n) is 2.86. The summed E-state index contributed by atoms with van der Waals surface area (Å²) < 4.78 is 4.77. The number of nitrogens with zero attached hydrogens (tertiary/aromatic N) is 1. The van der Waals surface area contributed by atoms with Gasteiger partial charge in [-0.2, -0.15) is 0 Å². The van der Waals surface area contributed by atoms with Crippen LogP contribution < -0.4 is 5.32 Å². The van der Waals surface area contributed by atoms with Gasteiger partial charge in [0.1, 0.15) is 11.4 Å². The molecule has 25 heavy (non-hydrogen) atoms. The Bertz CT molecular complexity index is 875. The lowest BCUT2D eigenvalue weighted by Gasteiger charge is -2.15. The number of carbonyl (C=O) groups excluding carboxylic acids is 2. The van der Waals surface area contributed by atoms with E-state index in [0.29, 0.717) is 5.69 Å².